The lowest BCUT2D eigenvalue weighted by Gasteiger charge is -2.21. The topological polar surface area (TPSA) is 88.4 Å². The van der Waals surface area contributed by atoms with Gasteiger partial charge >= 0.3 is 0 Å². The van der Waals surface area contributed by atoms with Crippen LogP contribution in [0.15, 0.2) is 34.7 Å². The summed E-state index contributed by atoms with van der Waals surface area (Å²) in [4.78, 5) is 36.8. The summed E-state index contributed by atoms with van der Waals surface area (Å²) in [5.41, 5.74) is 0.890. The Hall–Kier alpha value is -1.61. The summed E-state index contributed by atoms with van der Waals surface area (Å²) in [5, 5.41) is 6.51. The molecule has 0 bridgehead atoms. The molecule has 2 unspecified atom stereocenters. The Morgan fingerprint density at radius 1 is 1.10 bits per heavy atom. The minimum Gasteiger partial charge on any atom is -0.461 e. The molecule has 4 rings (SSSR count). The number of hydrogen-bond acceptors (Lipinski definition) is 8. The number of aldehydes is 1. The van der Waals surface area contributed by atoms with Crippen molar-refractivity contribution in [2.24, 2.45) is 0 Å². The highest BCUT2D eigenvalue weighted by Gasteiger charge is 2.44. The van der Waals surface area contributed by atoms with Crippen LogP contribution in [0.1, 0.15) is 25.0 Å². The average Bonchev–Trinajstić information content (AvgIpc) is 3.48. The molecule has 0 radical (unpaired) electrons. The Kier molecular flexibility index (Phi) is 6.74. The first-order valence-corrected chi connectivity index (χ1v) is 12.0. The highest BCUT2D eigenvalue weighted by Crippen LogP contribution is 2.30. The molecule has 2 N–H and O–H groups in total. The van der Waals surface area contributed by atoms with Crippen molar-refractivity contribution in [2.75, 3.05) is 11.8 Å². The molecule has 0 aliphatic carbocycles. The number of aryl methyl sites for hydroxylation is 1. The van der Waals surface area contributed by atoms with E-state index < -0.39 is 17.3 Å². The Bertz CT molecular complexity index is 867. The summed E-state index contributed by atoms with van der Waals surface area (Å²) in [6.45, 7) is 0. The van der Waals surface area contributed by atoms with Crippen LogP contribution >= 0.6 is 23.5 Å². The third-order valence-corrected chi connectivity index (χ3v) is 7.85. The van der Waals surface area contributed by atoms with Crippen molar-refractivity contribution >= 4 is 52.3 Å². The van der Waals surface area contributed by atoms with E-state index in [-0.39, 0.29) is 16.8 Å². The summed E-state index contributed by atoms with van der Waals surface area (Å²) in [6, 6.07) is 9.03. The number of unbranched alkanes of at least 4 members (excludes halogenated alkanes) is 1. The first kappa shape index (κ1) is 20.7. The van der Waals surface area contributed by atoms with Crippen LogP contribution in [-0.4, -0.2) is 52.2 Å². The zero-order valence-corrected chi connectivity index (χ0v) is 17.6. The highest BCUT2D eigenvalue weighted by molar-refractivity contribution is 8.01. The number of rotatable bonds is 9. The van der Waals surface area contributed by atoms with Gasteiger partial charge in [-0.1, -0.05) is 18.2 Å². The molecule has 1 aromatic heterocycles. The standard InChI is InChI=1S/C21H24N2O4S2/c24-10-15-20(28-11-22-15)19(26)18-21(29-12-23-18)16(25)7-3-2-6-14-9-13-5-1-4-8-17(13)27-14/h1,4-5,8-10,15,18,20-23H,2-3,6-7,11-12H2/t15-,18-,20?,21?/m1/s1. The van der Waals surface area contributed by atoms with Gasteiger partial charge in [0.1, 0.15) is 23.4 Å². The van der Waals surface area contributed by atoms with Crippen molar-refractivity contribution in [3.8, 4) is 0 Å². The van der Waals surface area contributed by atoms with E-state index in [9.17, 15) is 14.4 Å². The SMILES string of the molecule is O=C[C@H]1NCSC1C(=O)[C@H]1NCSC1C(=O)CCCCc1cc2ccccc2o1. The van der Waals surface area contributed by atoms with Gasteiger partial charge in [0, 0.05) is 30.0 Å². The van der Waals surface area contributed by atoms with Crippen molar-refractivity contribution in [3.05, 3.63) is 36.1 Å². The predicted molar refractivity (Wildman–Crippen MR) is 116 cm³/mol. The maximum Gasteiger partial charge on any atom is 0.166 e. The zero-order valence-electron chi connectivity index (χ0n) is 16.0. The first-order chi connectivity index (χ1) is 14.2. The van der Waals surface area contributed by atoms with Crippen LogP contribution in [-0.2, 0) is 20.8 Å². The van der Waals surface area contributed by atoms with Gasteiger partial charge in [-0.3, -0.25) is 20.2 Å². The summed E-state index contributed by atoms with van der Waals surface area (Å²) in [7, 11) is 0. The van der Waals surface area contributed by atoms with Gasteiger partial charge in [0.2, 0.25) is 0 Å². The normalized spacial score (nSPS) is 26.8. The molecule has 154 valence electrons. The third-order valence-electron chi connectivity index (χ3n) is 5.40. The molecule has 2 saturated heterocycles. The molecular formula is C21H24N2O4S2. The van der Waals surface area contributed by atoms with Gasteiger partial charge in [-0.05, 0) is 25.0 Å². The van der Waals surface area contributed by atoms with Crippen LogP contribution in [0.2, 0.25) is 0 Å². The van der Waals surface area contributed by atoms with E-state index in [2.05, 4.69) is 16.7 Å². The predicted octanol–water partition coefficient (Wildman–Crippen LogP) is 2.54. The molecule has 2 aliphatic rings. The van der Waals surface area contributed by atoms with Crippen molar-refractivity contribution in [1.82, 2.24) is 10.6 Å². The number of carbonyl (C=O) groups excluding carboxylic acids is 3. The number of nitrogens with one attached hydrogen (secondary N) is 2. The number of fused-ring (bicyclic) bond motifs is 1. The number of benzene rings is 1. The van der Waals surface area contributed by atoms with E-state index in [0.717, 1.165) is 42.3 Å². The number of para-hydroxylation sites is 1. The first-order valence-electron chi connectivity index (χ1n) is 9.86. The van der Waals surface area contributed by atoms with Crippen LogP contribution in [0.4, 0.5) is 0 Å². The van der Waals surface area contributed by atoms with Crippen LogP contribution in [0, 0.1) is 0 Å². The lowest BCUT2D eigenvalue weighted by atomic mass is 9.97. The van der Waals surface area contributed by atoms with E-state index in [4.69, 9.17) is 4.42 Å². The quantitative estimate of drug-likeness (QED) is 0.462. The second kappa shape index (κ2) is 9.47. The van der Waals surface area contributed by atoms with Crippen molar-refractivity contribution < 1.29 is 18.8 Å². The molecule has 29 heavy (non-hydrogen) atoms. The molecule has 2 aliphatic heterocycles. The number of carbonyl (C=O) groups is 3. The Labute approximate surface area is 177 Å². The number of ketones is 2. The molecule has 3 heterocycles. The van der Waals surface area contributed by atoms with E-state index in [1.165, 1.54) is 23.5 Å². The fourth-order valence-corrected chi connectivity index (χ4v) is 6.19. The van der Waals surface area contributed by atoms with Crippen molar-refractivity contribution in [2.45, 2.75) is 48.3 Å². The molecule has 2 aromatic rings. The van der Waals surface area contributed by atoms with Gasteiger partial charge in [-0.25, -0.2) is 0 Å². The van der Waals surface area contributed by atoms with Gasteiger partial charge in [-0.15, -0.1) is 23.5 Å². The maximum atomic E-state index is 12.9. The molecule has 0 spiro atoms. The van der Waals surface area contributed by atoms with Crippen LogP contribution < -0.4 is 10.6 Å². The van der Waals surface area contributed by atoms with Crippen LogP contribution in [0.5, 0.6) is 0 Å². The van der Waals surface area contributed by atoms with Gasteiger partial charge in [0.15, 0.2) is 5.78 Å². The van der Waals surface area contributed by atoms with Crippen LogP contribution in [0.25, 0.3) is 11.0 Å². The van der Waals surface area contributed by atoms with Crippen molar-refractivity contribution in [3.63, 3.8) is 0 Å². The molecule has 2 fully saturated rings. The second-order valence-corrected chi connectivity index (χ2v) is 9.60. The summed E-state index contributed by atoms with van der Waals surface area (Å²) < 4.78 is 5.82. The zero-order chi connectivity index (χ0) is 20.2. The molecule has 1 aromatic carbocycles. The molecule has 0 saturated carbocycles. The van der Waals surface area contributed by atoms with Gasteiger partial charge in [-0.2, -0.15) is 0 Å². The highest BCUT2D eigenvalue weighted by atomic mass is 32.2. The third kappa shape index (κ3) is 4.60. The van der Waals surface area contributed by atoms with Crippen LogP contribution in [0.3, 0.4) is 0 Å². The van der Waals surface area contributed by atoms with E-state index in [1.54, 1.807) is 0 Å². The summed E-state index contributed by atoms with van der Waals surface area (Å²) in [5.74, 6) is 2.18. The van der Waals surface area contributed by atoms with Gasteiger partial charge in [0.25, 0.3) is 0 Å². The Morgan fingerprint density at radius 3 is 2.72 bits per heavy atom. The Balaban J connectivity index is 1.27. The average molecular weight is 433 g/mol. The van der Waals surface area contributed by atoms with Crippen molar-refractivity contribution in [1.29, 1.82) is 0 Å². The molecular weight excluding hydrogens is 408 g/mol. The molecule has 0 amide bonds. The lowest BCUT2D eigenvalue weighted by molar-refractivity contribution is -0.125. The smallest absolute Gasteiger partial charge is 0.166 e. The number of hydrogen-bond donors (Lipinski definition) is 2. The maximum absolute atomic E-state index is 12.9. The molecule has 8 heteroatoms. The largest absolute Gasteiger partial charge is 0.461 e. The number of thioether (sulfide) groups is 2. The lowest BCUT2D eigenvalue weighted by Crippen LogP contribution is -2.49. The molecule has 6 nitrogen and oxygen atoms in total. The molecule has 4 atom stereocenters. The minimum absolute atomic E-state index is 0.0391. The fourth-order valence-electron chi connectivity index (χ4n) is 3.86. The number of furan rings is 1. The summed E-state index contributed by atoms with van der Waals surface area (Å²) in [6.07, 6.45) is 3.68. The van der Waals surface area contributed by atoms with Gasteiger partial charge < -0.3 is 9.21 Å². The van der Waals surface area contributed by atoms with E-state index >= 15 is 0 Å². The summed E-state index contributed by atoms with van der Waals surface area (Å²) >= 11 is 2.94. The van der Waals surface area contributed by atoms with E-state index in [1.807, 2.05) is 24.3 Å². The minimum atomic E-state index is -0.497. The Morgan fingerprint density at radius 2 is 1.90 bits per heavy atom. The monoisotopic (exact) mass is 432 g/mol. The second-order valence-electron chi connectivity index (χ2n) is 7.34. The van der Waals surface area contributed by atoms with E-state index in [0.29, 0.717) is 18.2 Å². The fraction of sp³-hybridized carbons (Fsp3) is 0.476. The van der Waals surface area contributed by atoms with Gasteiger partial charge in [0.05, 0.1) is 22.6 Å². The number of Topliss-reactive ketones (excluding diaryl/α,β-unsaturated/α-hetero) is 2.